The standard InChI is InChI=1S/C19H25NO5S/c1-3-15-7-8-19(25-15)18-14-23-11-9-20(18)10-12-24-16-5-4-6-17(13-16)26(2,21)22/h4-8,13,18H,3,9-12,14H2,1-2H3. The Morgan fingerprint density at radius 2 is 2.12 bits per heavy atom. The summed E-state index contributed by atoms with van der Waals surface area (Å²) >= 11 is 0. The molecular weight excluding hydrogens is 354 g/mol. The Balaban J connectivity index is 1.61. The summed E-state index contributed by atoms with van der Waals surface area (Å²) < 4.78 is 40.6. The number of nitrogens with zero attached hydrogens (tertiary/aromatic N) is 1. The van der Waals surface area contributed by atoms with Gasteiger partial charge in [0.05, 0.1) is 24.2 Å². The third-order valence-electron chi connectivity index (χ3n) is 4.48. The van der Waals surface area contributed by atoms with Crippen LogP contribution in [0, 0.1) is 0 Å². The zero-order valence-electron chi connectivity index (χ0n) is 15.2. The molecule has 0 bridgehead atoms. The summed E-state index contributed by atoms with van der Waals surface area (Å²) in [5.41, 5.74) is 0. The van der Waals surface area contributed by atoms with Gasteiger partial charge in [-0.1, -0.05) is 13.0 Å². The fourth-order valence-corrected chi connectivity index (χ4v) is 3.66. The van der Waals surface area contributed by atoms with Crippen LogP contribution in [0.3, 0.4) is 0 Å². The predicted molar refractivity (Wildman–Crippen MR) is 98.3 cm³/mol. The Labute approximate surface area is 154 Å². The highest BCUT2D eigenvalue weighted by molar-refractivity contribution is 7.90. The van der Waals surface area contributed by atoms with Gasteiger partial charge in [0.2, 0.25) is 0 Å². The molecule has 7 heteroatoms. The van der Waals surface area contributed by atoms with E-state index >= 15 is 0 Å². The SMILES string of the molecule is CCc1ccc(C2COCCN2CCOc2cccc(S(C)(=O)=O)c2)o1. The van der Waals surface area contributed by atoms with E-state index < -0.39 is 9.84 Å². The summed E-state index contributed by atoms with van der Waals surface area (Å²) in [6, 6.07) is 10.7. The molecule has 0 aliphatic carbocycles. The first kappa shape index (κ1) is 18.9. The van der Waals surface area contributed by atoms with Crippen LogP contribution in [0.15, 0.2) is 45.7 Å². The van der Waals surface area contributed by atoms with E-state index in [0.717, 1.165) is 24.5 Å². The number of benzene rings is 1. The molecule has 6 nitrogen and oxygen atoms in total. The molecule has 0 saturated carbocycles. The zero-order valence-corrected chi connectivity index (χ0v) is 16.0. The molecule has 1 saturated heterocycles. The molecule has 0 spiro atoms. The lowest BCUT2D eigenvalue weighted by Gasteiger charge is -2.34. The van der Waals surface area contributed by atoms with Gasteiger partial charge in [0.25, 0.3) is 0 Å². The largest absolute Gasteiger partial charge is 0.492 e. The van der Waals surface area contributed by atoms with E-state index in [2.05, 4.69) is 11.8 Å². The van der Waals surface area contributed by atoms with E-state index in [0.29, 0.717) is 32.1 Å². The highest BCUT2D eigenvalue weighted by Gasteiger charge is 2.27. The minimum absolute atomic E-state index is 0.0787. The van der Waals surface area contributed by atoms with Gasteiger partial charge in [0.15, 0.2) is 9.84 Å². The van der Waals surface area contributed by atoms with Crippen LogP contribution in [0.1, 0.15) is 24.5 Å². The van der Waals surface area contributed by atoms with E-state index in [1.165, 1.54) is 6.26 Å². The number of morpholine rings is 1. The van der Waals surface area contributed by atoms with Gasteiger partial charge < -0.3 is 13.9 Å². The Kier molecular flexibility index (Phi) is 6.01. The van der Waals surface area contributed by atoms with Crippen molar-refractivity contribution in [2.45, 2.75) is 24.3 Å². The monoisotopic (exact) mass is 379 g/mol. The molecule has 1 aromatic heterocycles. The van der Waals surface area contributed by atoms with Crippen molar-refractivity contribution < 1.29 is 22.3 Å². The van der Waals surface area contributed by atoms with Gasteiger partial charge in [0, 0.05) is 25.8 Å². The molecule has 1 fully saturated rings. The number of ether oxygens (including phenoxy) is 2. The number of hydrogen-bond acceptors (Lipinski definition) is 6. The summed E-state index contributed by atoms with van der Waals surface area (Å²) in [7, 11) is -3.24. The molecule has 0 N–H and O–H groups in total. The van der Waals surface area contributed by atoms with Crippen LogP contribution in [0.5, 0.6) is 5.75 Å². The number of furan rings is 1. The first-order valence-corrected chi connectivity index (χ1v) is 10.7. The van der Waals surface area contributed by atoms with Crippen molar-refractivity contribution in [1.29, 1.82) is 0 Å². The lowest BCUT2D eigenvalue weighted by atomic mass is 10.2. The summed E-state index contributed by atoms with van der Waals surface area (Å²) in [6.07, 6.45) is 2.06. The van der Waals surface area contributed by atoms with E-state index in [9.17, 15) is 8.42 Å². The van der Waals surface area contributed by atoms with Gasteiger partial charge >= 0.3 is 0 Å². The van der Waals surface area contributed by atoms with Gasteiger partial charge in [-0.3, -0.25) is 4.90 Å². The minimum atomic E-state index is -3.24. The van der Waals surface area contributed by atoms with Crippen molar-refractivity contribution in [2.24, 2.45) is 0 Å². The Bertz CT molecular complexity index is 830. The van der Waals surface area contributed by atoms with E-state index in [4.69, 9.17) is 13.9 Å². The number of rotatable bonds is 7. The third kappa shape index (κ3) is 4.66. The van der Waals surface area contributed by atoms with Crippen LogP contribution in [0.25, 0.3) is 0 Å². The summed E-state index contributed by atoms with van der Waals surface area (Å²) in [6.45, 7) is 5.32. The Hall–Kier alpha value is -1.83. The molecule has 0 amide bonds. The smallest absolute Gasteiger partial charge is 0.175 e. The first-order valence-electron chi connectivity index (χ1n) is 8.80. The number of hydrogen-bond donors (Lipinski definition) is 0. The normalized spacial score (nSPS) is 18.8. The van der Waals surface area contributed by atoms with Crippen LogP contribution in [0.2, 0.25) is 0 Å². The molecule has 2 aromatic rings. The molecule has 1 aliphatic rings. The molecular formula is C19H25NO5S. The lowest BCUT2D eigenvalue weighted by molar-refractivity contribution is -0.0209. The third-order valence-corrected chi connectivity index (χ3v) is 5.59. The maximum Gasteiger partial charge on any atom is 0.175 e. The average molecular weight is 379 g/mol. The van der Waals surface area contributed by atoms with E-state index in [1.54, 1.807) is 24.3 Å². The number of aryl methyl sites for hydroxylation is 1. The highest BCUT2D eigenvalue weighted by Crippen LogP contribution is 2.26. The van der Waals surface area contributed by atoms with Crippen molar-refractivity contribution >= 4 is 9.84 Å². The molecule has 142 valence electrons. The maximum absolute atomic E-state index is 11.6. The van der Waals surface area contributed by atoms with Crippen LogP contribution in [-0.4, -0.2) is 52.5 Å². The first-order chi connectivity index (χ1) is 12.5. The second-order valence-electron chi connectivity index (χ2n) is 6.38. The van der Waals surface area contributed by atoms with Crippen LogP contribution >= 0.6 is 0 Å². The second-order valence-corrected chi connectivity index (χ2v) is 8.40. The Morgan fingerprint density at radius 3 is 2.85 bits per heavy atom. The van der Waals surface area contributed by atoms with Crippen LogP contribution in [0.4, 0.5) is 0 Å². The summed E-state index contributed by atoms with van der Waals surface area (Å²) in [5, 5.41) is 0. The molecule has 2 heterocycles. The van der Waals surface area contributed by atoms with Gasteiger partial charge in [-0.15, -0.1) is 0 Å². The second kappa shape index (κ2) is 8.24. The van der Waals surface area contributed by atoms with Gasteiger partial charge in [-0.05, 0) is 30.3 Å². The Morgan fingerprint density at radius 1 is 1.27 bits per heavy atom. The zero-order chi connectivity index (χ0) is 18.6. The summed E-state index contributed by atoms with van der Waals surface area (Å²) in [5.74, 6) is 2.45. The molecule has 1 unspecified atom stereocenters. The van der Waals surface area contributed by atoms with Gasteiger partial charge in [-0.2, -0.15) is 0 Å². The fraction of sp³-hybridized carbons (Fsp3) is 0.474. The van der Waals surface area contributed by atoms with Crippen molar-refractivity contribution in [3.05, 3.63) is 47.9 Å². The van der Waals surface area contributed by atoms with Crippen molar-refractivity contribution in [1.82, 2.24) is 4.90 Å². The molecule has 1 atom stereocenters. The minimum Gasteiger partial charge on any atom is -0.492 e. The average Bonchev–Trinajstić information content (AvgIpc) is 3.11. The molecule has 0 radical (unpaired) electrons. The molecule has 1 aromatic carbocycles. The van der Waals surface area contributed by atoms with Crippen LogP contribution < -0.4 is 4.74 Å². The quantitative estimate of drug-likeness (QED) is 0.737. The predicted octanol–water partition coefficient (Wildman–Crippen LogP) is 2.70. The topological polar surface area (TPSA) is 69.0 Å². The fourth-order valence-electron chi connectivity index (χ4n) is 3.01. The van der Waals surface area contributed by atoms with Crippen molar-refractivity contribution in [3.8, 4) is 5.75 Å². The maximum atomic E-state index is 11.6. The van der Waals surface area contributed by atoms with E-state index in [-0.39, 0.29) is 10.9 Å². The van der Waals surface area contributed by atoms with Crippen molar-refractivity contribution in [3.63, 3.8) is 0 Å². The van der Waals surface area contributed by atoms with E-state index in [1.807, 2.05) is 12.1 Å². The summed E-state index contributed by atoms with van der Waals surface area (Å²) in [4.78, 5) is 2.55. The van der Waals surface area contributed by atoms with Gasteiger partial charge in [0.1, 0.15) is 23.9 Å². The number of sulfone groups is 1. The van der Waals surface area contributed by atoms with Crippen LogP contribution in [-0.2, 0) is 21.0 Å². The molecule has 26 heavy (non-hydrogen) atoms. The molecule has 1 aliphatic heterocycles. The van der Waals surface area contributed by atoms with Gasteiger partial charge in [-0.25, -0.2) is 8.42 Å². The molecule has 3 rings (SSSR count). The lowest BCUT2D eigenvalue weighted by Crippen LogP contribution is -2.41. The van der Waals surface area contributed by atoms with Crippen molar-refractivity contribution in [2.75, 3.05) is 39.2 Å². The highest BCUT2D eigenvalue weighted by atomic mass is 32.2.